The minimum atomic E-state index is -3.92. The molecule has 0 aliphatic heterocycles. The molecule has 0 saturated heterocycles. The van der Waals surface area contributed by atoms with Crippen molar-refractivity contribution in [2.75, 3.05) is 10.5 Å². The van der Waals surface area contributed by atoms with Crippen LogP contribution < -0.4 is 10.5 Å². The van der Waals surface area contributed by atoms with E-state index in [0.717, 1.165) is 21.8 Å². The molecule has 2 aromatic rings. The lowest BCUT2D eigenvalue weighted by atomic mass is 10.3. The largest absolute Gasteiger partial charge is 0.398 e. The summed E-state index contributed by atoms with van der Waals surface area (Å²) in [6.45, 7) is 0. The summed E-state index contributed by atoms with van der Waals surface area (Å²) in [7, 11) is -3.92. The van der Waals surface area contributed by atoms with Crippen molar-refractivity contribution in [1.82, 2.24) is 0 Å². The first-order chi connectivity index (χ1) is 9.29. The lowest BCUT2D eigenvalue weighted by Gasteiger charge is -2.11. The smallest absolute Gasteiger partial charge is 0.263 e. The number of nitrogens with two attached hydrogens (primary N) is 1. The van der Waals surface area contributed by atoms with E-state index in [9.17, 15) is 12.8 Å². The van der Waals surface area contributed by atoms with Crippen molar-refractivity contribution in [2.24, 2.45) is 0 Å². The van der Waals surface area contributed by atoms with E-state index in [0.29, 0.717) is 0 Å². The number of benzene rings is 2. The maximum absolute atomic E-state index is 13.0. The molecule has 3 N–H and O–H groups in total. The van der Waals surface area contributed by atoms with Crippen LogP contribution in [0.3, 0.4) is 0 Å². The van der Waals surface area contributed by atoms with E-state index in [4.69, 9.17) is 17.3 Å². The van der Waals surface area contributed by atoms with Gasteiger partial charge < -0.3 is 5.73 Å². The minimum absolute atomic E-state index is 0.167. The van der Waals surface area contributed by atoms with E-state index >= 15 is 0 Å². The molecule has 0 aromatic heterocycles. The van der Waals surface area contributed by atoms with Crippen molar-refractivity contribution in [3.63, 3.8) is 0 Å². The molecule has 20 heavy (non-hydrogen) atoms. The van der Waals surface area contributed by atoms with E-state index in [-0.39, 0.29) is 21.3 Å². The summed E-state index contributed by atoms with van der Waals surface area (Å²) in [6, 6.07) is 7.95. The van der Waals surface area contributed by atoms with E-state index in [1.165, 1.54) is 0 Å². The second kappa shape index (κ2) is 5.74. The topological polar surface area (TPSA) is 72.2 Å². The van der Waals surface area contributed by atoms with Crippen LogP contribution in [0.4, 0.5) is 15.8 Å². The molecular weight excluding hydrogens is 418 g/mol. The van der Waals surface area contributed by atoms with Gasteiger partial charge in [-0.2, -0.15) is 0 Å². The van der Waals surface area contributed by atoms with Gasteiger partial charge in [-0.05, 0) is 59.0 Å². The molecule has 0 amide bonds. The first-order valence-electron chi connectivity index (χ1n) is 5.32. The predicted octanol–water partition coefficient (Wildman–Crippen LogP) is 3.47. The maximum atomic E-state index is 13.0. The van der Waals surface area contributed by atoms with Gasteiger partial charge in [0.25, 0.3) is 10.0 Å². The highest BCUT2D eigenvalue weighted by molar-refractivity contribution is 14.1. The fourth-order valence-electron chi connectivity index (χ4n) is 1.54. The molecule has 0 saturated carbocycles. The van der Waals surface area contributed by atoms with Crippen molar-refractivity contribution < 1.29 is 12.8 Å². The van der Waals surface area contributed by atoms with Crippen LogP contribution in [0.1, 0.15) is 0 Å². The molecule has 0 aliphatic carbocycles. The maximum Gasteiger partial charge on any atom is 0.263 e. The first-order valence-corrected chi connectivity index (χ1v) is 8.26. The number of hydrogen-bond donors (Lipinski definition) is 2. The molecule has 2 aromatic carbocycles. The summed E-state index contributed by atoms with van der Waals surface area (Å²) in [6.07, 6.45) is 0. The third-order valence-corrected chi connectivity index (χ3v) is 4.86. The monoisotopic (exact) mass is 426 g/mol. The van der Waals surface area contributed by atoms with E-state index in [2.05, 4.69) is 27.3 Å². The Kier molecular flexibility index (Phi) is 4.40. The van der Waals surface area contributed by atoms with E-state index < -0.39 is 15.8 Å². The number of rotatable bonds is 3. The van der Waals surface area contributed by atoms with Gasteiger partial charge in [0.2, 0.25) is 0 Å². The summed E-state index contributed by atoms with van der Waals surface area (Å²) >= 11 is 8.02. The van der Waals surface area contributed by atoms with E-state index in [1.807, 2.05) is 0 Å². The molecule has 4 nitrogen and oxygen atoms in total. The number of halogens is 3. The van der Waals surface area contributed by atoms with Gasteiger partial charge >= 0.3 is 0 Å². The standard InChI is InChI=1S/C12H9ClFIN2O2S/c13-9-6-8(15)2-3-11(9)17-20(18,19)12-4-1-7(14)5-10(12)16/h1-6,17H,16H2. The molecule has 2 rings (SSSR count). The van der Waals surface area contributed by atoms with Crippen molar-refractivity contribution >= 4 is 55.6 Å². The van der Waals surface area contributed by atoms with Gasteiger partial charge in [-0.1, -0.05) is 11.6 Å². The highest BCUT2D eigenvalue weighted by Crippen LogP contribution is 2.28. The molecule has 0 atom stereocenters. The molecule has 8 heteroatoms. The number of hydrogen-bond acceptors (Lipinski definition) is 3. The Morgan fingerprint density at radius 2 is 1.90 bits per heavy atom. The van der Waals surface area contributed by atoms with Crippen molar-refractivity contribution in [3.8, 4) is 0 Å². The summed E-state index contributed by atoms with van der Waals surface area (Å²) in [4.78, 5) is -0.200. The third kappa shape index (κ3) is 3.33. The molecular formula is C12H9ClFIN2O2S. The fourth-order valence-corrected chi connectivity index (χ4v) is 3.69. The van der Waals surface area contributed by atoms with Crippen molar-refractivity contribution in [2.45, 2.75) is 4.90 Å². The molecule has 0 fully saturated rings. The average Bonchev–Trinajstić information content (AvgIpc) is 2.32. The van der Waals surface area contributed by atoms with Crippen molar-refractivity contribution in [3.05, 3.63) is 50.8 Å². The van der Waals surface area contributed by atoms with Gasteiger partial charge in [0.05, 0.1) is 16.4 Å². The molecule has 106 valence electrons. The van der Waals surface area contributed by atoms with Crippen LogP contribution in [-0.4, -0.2) is 8.42 Å². The lowest BCUT2D eigenvalue weighted by Crippen LogP contribution is -2.15. The first kappa shape index (κ1) is 15.3. The Hall–Kier alpha value is -1.06. The van der Waals surface area contributed by atoms with Crippen LogP contribution in [-0.2, 0) is 10.0 Å². The Morgan fingerprint density at radius 1 is 1.20 bits per heavy atom. The number of nitrogen functional groups attached to an aromatic ring is 1. The zero-order valence-electron chi connectivity index (χ0n) is 9.90. The quantitative estimate of drug-likeness (QED) is 0.583. The lowest BCUT2D eigenvalue weighted by molar-refractivity contribution is 0.600. The molecule has 0 bridgehead atoms. The zero-order chi connectivity index (χ0) is 14.9. The van der Waals surface area contributed by atoms with Crippen LogP contribution in [0.15, 0.2) is 41.3 Å². The van der Waals surface area contributed by atoms with E-state index in [1.54, 1.807) is 18.2 Å². The number of sulfonamides is 1. The molecule has 0 radical (unpaired) electrons. The van der Waals surface area contributed by atoms with Crippen LogP contribution >= 0.6 is 34.2 Å². The highest BCUT2D eigenvalue weighted by atomic mass is 127. The predicted molar refractivity (Wildman–Crippen MR) is 85.8 cm³/mol. The minimum Gasteiger partial charge on any atom is -0.398 e. The van der Waals surface area contributed by atoms with Gasteiger partial charge in [0.15, 0.2) is 0 Å². The summed E-state index contributed by atoms with van der Waals surface area (Å²) in [5.41, 5.74) is 5.59. The molecule has 0 spiro atoms. The zero-order valence-corrected chi connectivity index (χ0v) is 13.6. The fraction of sp³-hybridized carbons (Fsp3) is 0. The Labute approximate surface area is 134 Å². The Morgan fingerprint density at radius 3 is 2.50 bits per heavy atom. The van der Waals surface area contributed by atoms with Crippen LogP contribution in [0.2, 0.25) is 5.02 Å². The van der Waals surface area contributed by atoms with Gasteiger partial charge in [0, 0.05) is 3.57 Å². The van der Waals surface area contributed by atoms with Gasteiger partial charge in [-0.25, -0.2) is 12.8 Å². The van der Waals surface area contributed by atoms with Gasteiger partial charge in [-0.3, -0.25) is 4.72 Å². The van der Waals surface area contributed by atoms with Gasteiger partial charge in [-0.15, -0.1) is 0 Å². The molecule has 0 aliphatic rings. The van der Waals surface area contributed by atoms with Crippen LogP contribution in [0.25, 0.3) is 0 Å². The summed E-state index contributed by atoms with van der Waals surface area (Å²) < 4.78 is 40.5. The van der Waals surface area contributed by atoms with Crippen molar-refractivity contribution in [1.29, 1.82) is 0 Å². The molecule has 0 heterocycles. The Balaban J connectivity index is 2.41. The van der Waals surface area contributed by atoms with Crippen LogP contribution in [0, 0.1) is 9.39 Å². The molecule has 0 unspecified atom stereocenters. The Bertz CT molecular complexity index is 768. The van der Waals surface area contributed by atoms with Gasteiger partial charge in [0.1, 0.15) is 10.7 Å². The normalized spacial score (nSPS) is 11.3. The summed E-state index contributed by atoms with van der Waals surface area (Å²) in [5.74, 6) is -0.603. The highest BCUT2D eigenvalue weighted by Gasteiger charge is 2.19. The summed E-state index contributed by atoms with van der Waals surface area (Å²) in [5, 5.41) is 0.265. The second-order valence-corrected chi connectivity index (χ2v) is 7.22. The third-order valence-electron chi connectivity index (χ3n) is 2.44. The number of nitrogens with one attached hydrogen (secondary N) is 1. The second-order valence-electron chi connectivity index (χ2n) is 3.91. The van der Waals surface area contributed by atoms with Crippen LogP contribution in [0.5, 0.6) is 0 Å². The SMILES string of the molecule is Nc1cc(F)ccc1S(=O)(=O)Nc1ccc(I)cc1Cl. The average molecular weight is 427 g/mol. The number of anilines is 2.